The van der Waals surface area contributed by atoms with E-state index in [0.717, 1.165) is 25.7 Å². The van der Waals surface area contributed by atoms with Gasteiger partial charge in [-0.2, -0.15) is 0 Å². The molecule has 0 saturated heterocycles. The Balaban J connectivity index is 2.10. The second-order valence-corrected chi connectivity index (χ2v) is 7.32. The molecule has 3 rings (SSSR count). The summed E-state index contributed by atoms with van der Waals surface area (Å²) in [4.78, 5) is 31.5. The fraction of sp³-hybridized carbons (Fsp3) is 0.389. The van der Waals surface area contributed by atoms with Gasteiger partial charge in [-0.05, 0) is 25.0 Å². The van der Waals surface area contributed by atoms with Gasteiger partial charge in [-0.3, -0.25) is 10.1 Å². The van der Waals surface area contributed by atoms with Crippen molar-refractivity contribution >= 4 is 46.6 Å². The number of ether oxygens (including phenoxy) is 1. The number of hydrogen-bond donors (Lipinski definition) is 4. The summed E-state index contributed by atoms with van der Waals surface area (Å²) in [6.45, 7) is 0. The Morgan fingerprint density at radius 3 is 2.86 bits per heavy atom. The highest BCUT2D eigenvalue weighted by molar-refractivity contribution is 6.35. The van der Waals surface area contributed by atoms with E-state index in [0.29, 0.717) is 40.0 Å². The minimum absolute atomic E-state index is 0.150. The third-order valence-electron chi connectivity index (χ3n) is 4.51. The zero-order valence-electron chi connectivity index (χ0n) is 15.3. The Morgan fingerprint density at radius 2 is 2.11 bits per heavy atom. The fourth-order valence-electron chi connectivity index (χ4n) is 3.03. The number of methoxy groups -OCH3 is 1. The molecule has 28 heavy (non-hydrogen) atoms. The monoisotopic (exact) mass is 425 g/mol. The van der Waals surface area contributed by atoms with Crippen LogP contribution in [0, 0.1) is 0 Å². The van der Waals surface area contributed by atoms with E-state index in [9.17, 15) is 9.59 Å². The molecule has 2 heterocycles. The van der Waals surface area contributed by atoms with Crippen LogP contribution in [0.1, 0.15) is 44.0 Å². The number of nitrogens with one attached hydrogen (secondary N) is 3. The summed E-state index contributed by atoms with van der Waals surface area (Å²) in [5.74, 6) is 0.424. The predicted octanol–water partition coefficient (Wildman–Crippen LogP) is 4.46. The topological polar surface area (TPSA) is 122 Å². The maximum Gasteiger partial charge on any atom is 0.411 e. The normalized spacial score (nSPS) is 17.4. The first-order chi connectivity index (χ1) is 13.4. The first-order valence-corrected chi connectivity index (χ1v) is 9.64. The number of amides is 2. The number of hydrogen-bond acceptors (Lipinski definition) is 5. The van der Waals surface area contributed by atoms with Crippen LogP contribution in [0.15, 0.2) is 12.1 Å². The van der Waals surface area contributed by atoms with Crippen molar-refractivity contribution in [3.05, 3.63) is 28.1 Å². The van der Waals surface area contributed by atoms with Crippen LogP contribution in [0.2, 0.25) is 10.2 Å². The second-order valence-electron chi connectivity index (χ2n) is 6.53. The number of carbonyl (C=O) groups excluding carboxylic acids is 2. The molecule has 2 bridgehead atoms. The van der Waals surface area contributed by atoms with Crippen LogP contribution in [0.5, 0.6) is 0 Å². The average molecular weight is 426 g/mol. The molecule has 1 aliphatic heterocycles. The lowest BCUT2D eigenvalue weighted by molar-refractivity contribution is -0.116. The van der Waals surface area contributed by atoms with Gasteiger partial charge in [-0.15, -0.1) is 0 Å². The summed E-state index contributed by atoms with van der Waals surface area (Å²) in [5, 5.41) is 5.92. The molecule has 1 aromatic heterocycles. The van der Waals surface area contributed by atoms with E-state index in [1.165, 1.54) is 7.11 Å². The first-order valence-electron chi connectivity index (χ1n) is 8.88. The summed E-state index contributed by atoms with van der Waals surface area (Å²) in [6, 6.07) is 2.85. The Kier molecular flexibility index (Phi) is 6.43. The van der Waals surface area contributed by atoms with Gasteiger partial charge in [0.1, 0.15) is 16.7 Å². The lowest BCUT2D eigenvalue weighted by Crippen LogP contribution is -2.14. The maximum atomic E-state index is 12.4. The molecular formula is C18H21Cl2N5O3. The number of benzene rings is 1. The molecule has 1 aliphatic rings. The molecule has 0 aliphatic carbocycles. The van der Waals surface area contributed by atoms with Crippen molar-refractivity contribution < 1.29 is 14.3 Å². The molecule has 10 heteroatoms. The van der Waals surface area contributed by atoms with Gasteiger partial charge in [0, 0.05) is 12.0 Å². The number of nitrogens with zero attached hydrogens (tertiary/aromatic N) is 1. The lowest BCUT2D eigenvalue weighted by atomic mass is 10.1. The van der Waals surface area contributed by atoms with Crippen LogP contribution < -0.4 is 16.4 Å². The van der Waals surface area contributed by atoms with Crippen LogP contribution in [-0.4, -0.2) is 29.1 Å². The molecule has 0 radical (unpaired) electrons. The number of anilines is 2. The lowest BCUT2D eigenvalue weighted by Gasteiger charge is -2.14. The van der Waals surface area contributed by atoms with Crippen molar-refractivity contribution in [3.8, 4) is 11.3 Å². The minimum Gasteiger partial charge on any atom is -0.453 e. The molecule has 0 unspecified atom stereocenters. The maximum absolute atomic E-state index is 12.4. The third kappa shape index (κ3) is 4.57. The van der Waals surface area contributed by atoms with E-state index in [2.05, 4.69) is 25.3 Å². The van der Waals surface area contributed by atoms with E-state index in [1.807, 2.05) is 0 Å². The van der Waals surface area contributed by atoms with Crippen LogP contribution in [0.25, 0.3) is 11.3 Å². The Hall–Kier alpha value is -2.29. The van der Waals surface area contributed by atoms with Crippen molar-refractivity contribution in [1.82, 2.24) is 9.97 Å². The zero-order chi connectivity index (χ0) is 20.3. The smallest absolute Gasteiger partial charge is 0.411 e. The summed E-state index contributed by atoms with van der Waals surface area (Å²) in [6.07, 6.45) is 2.94. The van der Waals surface area contributed by atoms with Gasteiger partial charge in [-0.1, -0.05) is 36.0 Å². The molecule has 150 valence electrons. The van der Waals surface area contributed by atoms with Gasteiger partial charge < -0.3 is 20.8 Å². The molecule has 2 amide bonds. The first kappa shape index (κ1) is 20.4. The molecule has 1 atom stereocenters. The largest absolute Gasteiger partial charge is 0.453 e. The highest BCUT2D eigenvalue weighted by atomic mass is 35.5. The zero-order valence-corrected chi connectivity index (χ0v) is 16.8. The Morgan fingerprint density at radius 1 is 1.32 bits per heavy atom. The number of aromatic nitrogens is 2. The summed E-state index contributed by atoms with van der Waals surface area (Å²) < 4.78 is 4.61. The summed E-state index contributed by atoms with van der Waals surface area (Å²) >= 11 is 12.7. The van der Waals surface area contributed by atoms with Crippen LogP contribution in [0.4, 0.5) is 16.2 Å². The number of fused-ring (bicyclic) bond motifs is 4. The molecule has 0 saturated carbocycles. The van der Waals surface area contributed by atoms with Crippen molar-refractivity contribution in [3.63, 3.8) is 0 Å². The van der Waals surface area contributed by atoms with E-state index in [-0.39, 0.29) is 17.0 Å². The van der Waals surface area contributed by atoms with Gasteiger partial charge in [0.25, 0.3) is 0 Å². The van der Waals surface area contributed by atoms with Crippen molar-refractivity contribution in [2.45, 2.75) is 38.1 Å². The highest BCUT2D eigenvalue weighted by Crippen LogP contribution is 2.39. The van der Waals surface area contributed by atoms with E-state index in [1.54, 1.807) is 12.1 Å². The number of carbonyl (C=O) groups is 2. The SMILES string of the molecule is COC(=O)Nc1cc2c(cc1Cl)-c1nc([nH]c1Cl)[C@@H](N)CCCCCC(=O)N2. The van der Waals surface area contributed by atoms with Crippen molar-refractivity contribution in [2.75, 3.05) is 17.7 Å². The van der Waals surface area contributed by atoms with Crippen LogP contribution in [0.3, 0.4) is 0 Å². The molecule has 8 nitrogen and oxygen atoms in total. The van der Waals surface area contributed by atoms with E-state index < -0.39 is 6.09 Å². The highest BCUT2D eigenvalue weighted by Gasteiger charge is 2.21. The van der Waals surface area contributed by atoms with Gasteiger partial charge in [0.15, 0.2) is 0 Å². The fourth-order valence-corrected chi connectivity index (χ4v) is 3.48. The number of H-pyrrole nitrogens is 1. The van der Waals surface area contributed by atoms with E-state index >= 15 is 0 Å². The average Bonchev–Trinajstić information content (AvgIpc) is 3.04. The van der Waals surface area contributed by atoms with E-state index in [4.69, 9.17) is 28.9 Å². The molecule has 0 spiro atoms. The second kappa shape index (κ2) is 8.81. The molecular weight excluding hydrogens is 405 g/mol. The predicted molar refractivity (Wildman–Crippen MR) is 109 cm³/mol. The molecule has 0 fully saturated rings. The standard InChI is InChI=1S/C18H21Cl2N5O3/c1-28-18(27)23-13-8-12-9(7-10(13)19)15-16(20)25-17(24-15)11(21)5-3-2-4-6-14(26)22-12/h7-8,11H,2-6,21H2,1H3,(H,22,26)(H,23,27)(H,24,25)/t11-/m0/s1. The van der Waals surface area contributed by atoms with Crippen LogP contribution >= 0.6 is 23.2 Å². The number of rotatable bonds is 1. The number of nitrogens with two attached hydrogens (primary N) is 1. The van der Waals surface area contributed by atoms with Crippen LogP contribution in [-0.2, 0) is 9.53 Å². The third-order valence-corrected chi connectivity index (χ3v) is 5.09. The number of aromatic amines is 1. The minimum atomic E-state index is -0.677. The molecule has 2 aromatic rings. The molecule has 1 aromatic carbocycles. The van der Waals surface area contributed by atoms with Crippen molar-refractivity contribution in [2.24, 2.45) is 5.73 Å². The van der Waals surface area contributed by atoms with Gasteiger partial charge in [0.2, 0.25) is 5.91 Å². The van der Waals surface area contributed by atoms with Crippen molar-refractivity contribution in [1.29, 1.82) is 0 Å². The number of imidazole rings is 1. The summed E-state index contributed by atoms with van der Waals surface area (Å²) in [7, 11) is 1.25. The van der Waals surface area contributed by atoms with Gasteiger partial charge in [0.05, 0.1) is 29.5 Å². The summed E-state index contributed by atoms with van der Waals surface area (Å²) in [5.41, 5.74) is 7.88. The molecule has 5 N–H and O–H groups in total. The van der Waals surface area contributed by atoms with Gasteiger partial charge >= 0.3 is 6.09 Å². The number of halogens is 2. The Bertz CT molecular complexity index is 900. The quantitative estimate of drug-likeness (QED) is 0.536. The van der Waals surface area contributed by atoms with Gasteiger partial charge in [-0.25, -0.2) is 9.78 Å². The Labute approximate surface area is 172 Å².